The first-order valence-corrected chi connectivity index (χ1v) is 8.08. The molecule has 3 rings (SSSR count). The molecular weight excluding hydrogens is 316 g/mol. The lowest BCUT2D eigenvalue weighted by Gasteiger charge is -2.16. The summed E-state index contributed by atoms with van der Waals surface area (Å²) in [5.74, 6) is 0.262. The Bertz CT molecular complexity index is 800. The summed E-state index contributed by atoms with van der Waals surface area (Å²) in [5.41, 5.74) is 1.08. The summed E-state index contributed by atoms with van der Waals surface area (Å²) < 4.78 is 1.47. The van der Waals surface area contributed by atoms with Gasteiger partial charge in [-0.25, -0.2) is 0 Å². The number of hydrogen-bond acceptors (Lipinski definition) is 6. The first-order chi connectivity index (χ1) is 11.2. The normalized spacial score (nSPS) is 12.4. The van der Waals surface area contributed by atoms with Gasteiger partial charge in [-0.1, -0.05) is 41.7 Å². The van der Waals surface area contributed by atoms with E-state index in [9.17, 15) is 15.2 Å². The predicted octanol–water partition coefficient (Wildman–Crippen LogP) is 2.88. The number of benzene rings is 1. The minimum absolute atomic E-state index is 0.0561. The van der Waals surface area contributed by atoms with E-state index in [0.29, 0.717) is 17.9 Å². The van der Waals surface area contributed by atoms with E-state index in [2.05, 4.69) is 10.3 Å². The van der Waals surface area contributed by atoms with E-state index in [1.165, 1.54) is 15.7 Å². The molecule has 0 bridgehead atoms. The van der Waals surface area contributed by atoms with Crippen LogP contribution in [-0.4, -0.2) is 32.6 Å². The maximum atomic E-state index is 11.3. The number of rotatable bonds is 7. The highest BCUT2D eigenvalue weighted by Crippen LogP contribution is 2.29. The van der Waals surface area contributed by atoms with Crippen LogP contribution in [0.5, 0.6) is 0 Å². The van der Waals surface area contributed by atoms with Crippen molar-refractivity contribution >= 4 is 27.9 Å². The van der Waals surface area contributed by atoms with Gasteiger partial charge in [0.1, 0.15) is 6.20 Å². The molecule has 0 saturated carbocycles. The summed E-state index contributed by atoms with van der Waals surface area (Å²) >= 11 is 1.35. The highest BCUT2D eigenvalue weighted by atomic mass is 32.1. The van der Waals surface area contributed by atoms with Crippen LogP contribution < -0.4 is 5.32 Å². The Labute approximate surface area is 136 Å². The van der Waals surface area contributed by atoms with Crippen molar-refractivity contribution < 1.29 is 10.0 Å². The van der Waals surface area contributed by atoms with Crippen molar-refractivity contribution in [3.63, 3.8) is 0 Å². The van der Waals surface area contributed by atoms with Crippen molar-refractivity contribution in [2.24, 2.45) is 0 Å². The molecule has 1 aromatic carbocycles. The van der Waals surface area contributed by atoms with Gasteiger partial charge >= 0.3 is 5.82 Å². The first kappa shape index (κ1) is 15.4. The van der Waals surface area contributed by atoms with Gasteiger partial charge in [0.15, 0.2) is 0 Å². The van der Waals surface area contributed by atoms with E-state index in [1.54, 1.807) is 11.6 Å². The van der Waals surface area contributed by atoms with Gasteiger partial charge in [0.25, 0.3) is 4.96 Å². The van der Waals surface area contributed by atoms with Crippen molar-refractivity contribution in [2.45, 2.75) is 12.3 Å². The molecule has 3 aromatic rings. The second kappa shape index (κ2) is 6.76. The lowest BCUT2D eigenvalue weighted by molar-refractivity contribution is -0.389. The zero-order valence-electron chi connectivity index (χ0n) is 12.3. The smallest absolute Gasteiger partial charge is 0.372 e. The third-order valence-corrected chi connectivity index (χ3v) is 4.43. The number of imidazole rings is 1. The average molecular weight is 332 g/mol. The molecule has 0 saturated heterocycles. The fourth-order valence-corrected chi connectivity index (χ4v) is 3.26. The number of anilines is 1. The molecule has 0 aliphatic rings. The summed E-state index contributed by atoms with van der Waals surface area (Å²) in [6, 6.07) is 9.79. The monoisotopic (exact) mass is 332 g/mol. The van der Waals surface area contributed by atoms with Crippen molar-refractivity contribution in [2.75, 3.05) is 18.5 Å². The molecule has 0 aliphatic heterocycles. The van der Waals surface area contributed by atoms with Crippen molar-refractivity contribution in [1.29, 1.82) is 0 Å². The van der Waals surface area contributed by atoms with Gasteiger partial charge < -0.3 is 20.5 Å². The lowest BCUT2D eigenvalue weighted by atomic mass is 9.96. The Morgan fingerprint density at radius 3 is 2.87 bits per heavy atom. The summed E-state index contributed by atoms with van der Waals surface area (Å²) in [4.78, 5) is 15.7. The number of aliphatic hydroxyl groups excluding tert-OH is 1. The summed E-state index contributed by atoms with van der Waals surface area (Å²) in [7, 11) is 0. The zero-order valence-corrected chi connectivity index (χ0v) is 13.1. The van der Waals surface area contributed by atoms with Crippen LogP contribution in [0.25, 0.3) is 4.96 Å². The van der Waals surface area contributed by atoms with Crippen molar-refractivity contribution in [3.05, 3.63) is 57.6 Å². The molecule has 8 heteroatoms. The minimum Gasteiger partial charge on any atom is -0.396 e. The number of fused-ring (bicyclic) bond motifs is 1. The lowest BCUT2D eigenvalue weighted by Crippen LogP contribution is -2.15. The molecule has 120 valence electrons. The second-order valence-corrected chi connectivity index (χ2v) is 5.97. The molecule has 1 unspecified atom stereocenters. The van der Waals surface area contributed by atoms with Gasteiger partial charge in [0.05, 0.1) is 0 Å². The molecule has 23 heavy (non-hydrogen) atoms. The number of nitro groups is 1. The van der Waals surface area contributed by atoms with Crippen LogP contribution in [0.15, 0.2) is 41.9 Å². The second-order valence-electron chi connectivity index (χ2n) is 5.10. The Morgan fingerprint density at radius 1 is 1.39 bits per heavy atom. The molecular formula is C15H16N4O3S. The van der Waals surface area contributed by atoms with Crippen molar-refractivity contribution in [3.8, 4) is 0 Å². The number of aliphatic hydroxyl groups is 1. The number of hydrogen-bond donors (Lipinski definition) is 2. The highest BCUT2D eigenvalue weighted by Gasteiger charge is 2.24. The predicted molar refractivity (Wildman–Crippen MR) is 89.1 cm³/mol. The largest absolute Gasteiger partial charge is 0.396 e. The first-order valence-electron chi connectivity index (χ1n) is 7.20. The van der Waals surface area contributed by atoms with Crippen LogP contribution in [0.2, 0.25) is 0 Å². The van der Waals surface area contributed by atoms with Gasteiger partial charge in [-0.15, -0.1) is 0 Å². The molecule has 2 aromatic heterocycles. The number of thiazole rings is 1. The van der Waals surface area contributed by atoms with Crippen molar-refractivity contribution in [1.82, 2.24) is 9.38 Å². The molecule has 2 heterocycles. The number of nitrogens with one attached hydrogen (secondary N) is 1. The van der Waals surface area contributed by atoms with E-state index in [-0.39, 0.29) is 24.2 Å². The van der Waals surface area contributed by atoms with E-state index in [1.807, 2.05) is 30.3 Å². The number of aromatic nitrogens is 2. The van der Waals surface area contributed by atoms with Crippen LogP contribution >= 0.6 is 11.3 Å². The highest BCUT2D eigenvalue weighted by molar-refractivity contribution is 7.15. The summed E-state index contributed by atoms with van der Waals surface area (Å²) in [6.45, 7) is 0.526. The zero-order chi connectivity index (χ0) is 16.2. The van der Waals surface area contributed by atoms with E-state index < -0.39 is 4.92 Å². The van der Waals surface area contributed by atoms with E-state index in [0.717, 1.165) is 5.56 Å². The quantitative estimate of drug-likeness (QED) is 0.512. The molecule has 0 aliphatic carbocycles. The van der Waals surface area contributed by atoms with Crippen LogP contribution in [0.4, 0.5) is 11.6 Å². The van der Waals surface area contributed by atoms with E-state index in [4.69, 9.17) is 0 Å². The Hall–Kier alpha value is -2.45. The maximum Gasteiger partial charge on any atom is 0.372 e. The fraction of sp³-hybridized carbons (Fsp3) is 0.267. The van der Waals surface area contributed by atoms with Gasteiger partial charge in [0.2, 0.25) is 5.82 Å². The number of nitrogens with zero attached hydrogens (tertiary/aromatic N) is 3. The van der Waals surface area contributed by atoms with Gasteiger partial charge in [0, 0.05) is 24.4 Å². The Kier molecular flexibility index (Phi) is 4.54. The minimum atomic E-state index is -0.432. The van der Waals surface area contributed by atoms with Crippen LogP contribution in [0, 0.1) is 10.1 Å². The van der Waals surface area contributed by atoms with E-state index >= 15 is 0 Å². The third-order valence-electron chi connectivity index (χ3n) is 3.67. The Morgan fingerprint density at radius 2 is 2.17 bits per heavy atom. The van der Waals surface area contributed by atoms with Gasteiger partial charge in [-0.05, 0) is 16.9 Å². The maximum absolute atomic E-state index is 11.3. The van der Waals surface area contributed by atoms with Crippen LogP contribution in [0.3, 0.4) is 0 Å². The Balaban J connectivity index is 1.82. The fourth-order valence-electron chi connectivity index (χ4n) is 2.55. The SMILES string of the molecule is O=[N+]([O-])c1c(NCC(CCO)c2ccccc2)nc2sccn12. The average Bonchev–Trinajstić information content (AvgIpc) is 3.12. The molecule has 2 N–H and O–H groups in total. The van der Waals surface area contributed by atoms with Gasteiger partial charge in [-0.2, -0.15) is 9.38 Å². The molecule has 0 amide bonds. The van der Waals surface area contributed by atoms with Gasteiger partial charge in [-0.3, -0.25) is 0 Å². The molecule has 1 atom stereocenters. The molecule has 7 nitrogen and oxygen atoms in total. The summed E-state index contributed by atoms with van der Waals surface area (Å²) in [5, 5.41) is 25.4. The standard InChI is InChI=1S/C15H16N4O3S/c20-8-6-12(11-4-2-1-3-5-11)10-16-13-14(19(21)22)18-7-9-23-15(18)17-13/h1-5,7,9,12,16,20H,6,8,10H2. The molecule has 0 fully saturated rings. The van der Waals surface area contributed by atoms with Crippen LogP contribution in [0.1, 0.15) is 17.9 Å². The topological polar surface area (TPSA) is 92.7 Å². The third kappa shape index (κ3) is 3.17. The summed E-state index contributed by atoms with van der Waals surface area (Å²) in [6.07, 6.45) is 2.21. The molecule has 0 spiro atoms. The van der Waals surface area contributed by atoms with Crippen LogP contribution in [-0.2, 0) is 0 Å². The molecule has 0 radical (unpaired) electrons.